The third kappa shape index (κ3) is 5.95. The van der Waals surface area contributed by atoms with E-state index < -0.39 is 0 Å². The second-order valence-electron chi connectivity index (χ2n) is 4.25. The van der Waals surface area contributed by atoms with Gasteiger partial charge in [0, 0.05) is 32.7 Å². The first-order valence-electron chi connectivity index (χ1n) is 5.96. The molecule has 0 unspecified atom stereocenters. The third-order valence-electron chi connectivity index (χ3n) is 2.69. The second kappa shape index (κ2) is 8.02. The predicted molar refractivity (Wildman–Crippen MR) is 76.0 cm³/mol. The summed E-state index contributed by atoms with van der Waals surface area (Å²) < 4.78 is 0. The second-order valence-corrected chi connectivity index (χ2v) is 4.66. The van der Waals surface area contributed by atoms with Crippen molar-refractivity contribution in [2.24, 2.45) is 0 Å². The van der Waals surface area contributed by atoms with Crippen LogP contribution in [0, 0.1) is 0 Å². The number of carbonyl (C=O) groups is 1. The summed E-state index contributed by atoms with van der Waals surface area (Å²) in [6.45, 7) is 8.37. The maximum absolute atomic E-state index is 11.6. The maximum Gasteiger partial charge on any atom is 0.252 e. The van der Waals surface area contributed by atoms with E-state index in [4.69, 9.17) is 12.2 Å². The first-order valence-corrected chi connectivity index (χ1v) is 6.37. The van der Waals surface area contributed by atoms with Crippen molar-refractivity contribution in [3.05, 3.63) is 12.7 Å². The molecule has 1 rings (SSSR count). The molecule has 7 heteroatoms. The van der Waals surface area contributed by atoms with Crippen LogP contribution in [0.15, 0.2) is 12.7 Å². The smallest absolute Gasteiger partial charge is 0.252 e. The molecule has 0 aromatic rings. The number of nitrogens with one attached hydrogen (secondary N) is 3. The largest absolute Gasteiger partial charge is 0.358 e. The number of amides is 1. The quantitative estimate of drug-likeness (QED) is 0.343. The van der Waals surface area contributed by atoms with Crippen LogP contribution in [0.2, 0.25) is 0 Å². The summed E-state index contributed by atoms with van der Waals surface area (Å²) in [5, 5.41) is 3.25. The van der Waals surface area contributed by atoms with Gasteiger partial charge in [0.1, 0.15) is 0 Å². The van der Waals surface area contributed by atoms with E-state index in [2.05, 4.69) is 39.6 Å². The molecule has 0 spiro atoms. The molecule has 0 aromatic heterocycles. The molecule has 18 heavy (non-hydrogen) atoms. The number of piperazine rings is 1. The monoisotopic (exact) mass is 271 g/mol. The summed E-state index contributed by atoms with van der Waals surface area (Å²) in [7, 11) is 2.09. The molecule has 3 N–H and O–H groups in total. The van der Waals surface area contributed by atoms with Crippen molar-refractivity contribution in [1.29, 1.82) is 0 Å². The molecule has 1 aliphatic heterocycles. The molecule has 1 aliphatic rings. The Morgan fingerprint density at radius 2 is 2.00 bits per heavy atom. The standard InChI is InChI=1S/C11H21N5OS/c1-3-4-12-11(18)14-13-10(17)9-16-7-5-15(2)6-8-16/h3H,1,4-9H2,2H3,(H,13,17)(H2,12,14,18). The van der Waals surface area contributed by atoms with Gasteiger partial charge in [-0.3, -0.25) is 20.5 Å². The molecule has 0 saturated carbocycles. The summed E-state index contributed by atoms with van der Waals surface area (Å²) in [5.74, 6) is -0.0812. The van der Waals surface area contributed by atoms with Crippen LogP contribution in [0.4, 0.5) is 0 Å². The minimum atomic E-state index is -0.0812. The molecule has 1 amide bonds. The van der Waals surface area contributed by atoms with E-state index in [0.717, 1.165) is 26.2 Å². The average Bonchev–Trinajstić information content (AvgIpc) is 2.36. The van der Waals surface area contributed by atoms with E-state index in [1.165, 1.54) is 0 Å². The predicted octanol–water partition coefficient (Wildman–Crippen LogP) is -1.08. The van der Waals surface area contributed by atoms with Gasteiger partial charge in [0.15, 0.2) is 5.11 Å². The molecule has 1 fully saturated rings. The first-order chi connectivity index (χ1) is 8.61. The van der Waals surface area contributed by atoms with Gasteiger partial charge >= 0.3 is 0 Å². The van der Waals surface area contributed by atoms with Crippen LogP contribution in [0.25, 0.3) is 0 Å². The van der Waals surface area contributed by atoms with Crippen LogP contribution >= 0.6 is 12.2 Å². The van der Waals surface area contributed by atoms with E-state index in [9.17, 15) is 4.79 Å². The van der Waals surface area contributed by atoms with E-state index >= 15 is 0 Å². The van der Waals surface area contributed by atoms with E-state index in [0.29, 0.717) is 18.2 Å². The fourth-order valence-corrected chi connectivity index (χ4v) is 1.72. The highest BCUT2D eigenvalue weighted by molar-refractivity contribution is 7.80. The topological polar surface area (TPSA) is 59.6 Å². The molecule has 102 valence electrons. The number of hydrogen-bond donors (Lipinski definition) is 3. The van der Waals surface area contributed by atoms with Gasteiger partial charge in [-0.15, -0.1) is 6.58 Å². The lowest BCUT2D eigenvalue weighted by molar-refractivity contribution is -0.123. The van der Waals surface area contributed by atoms with Gasteiger partial charge in [0.05, 0.1) is 6.54 Å². The lowest BCUT2D eigenvalue weighted by Gasteiger charge is -2.31. The molecule has 1 heterocycles. The van der Waals surface area contributed by atoms with Crippen LogP contribution in [-0.4, -0.2) is 67.1 Å². The number of hydrogen-bond acceptors (Lipinski definition) is 4. The molecular formula is C11H21N5OS. The molecule has 0 aliphatic carbocycles. The average molecular weight is 271 g/mol. The molecule has 0 bridgehead atoms. The van der Waals surface area contributed by atoms with Gasteiger partial charge in [-0.25, -0.2) is 0 Å². The van der Waals surface area contributed by atoms with Crippen LogP contribution in [-0.2, 0) is 4.79 Å². The molecule has 1 saturated heterocycles. The van der Waals surface area contributed by atoms with Crippen molar-refractivity contribution in [1.82, 2.24) is 26.0 Å². The van der Waals surface area contributed by atoms with E-state index in [1.54, 1.807) is 6.08 Å². The van der Waals surface area contributed by atoms with Gasteiger partial charge in [-0.1, -0.05) is 6.08 Å². The van der Waals surface area contributed by atoms with Gasteiger partial charge in [0.25, 0.3) is 5.91 Å². The lowest BCUT2D eigenvalue weighted by atomic mass is 10.3. The van der Waals surface area contributed by atoms with Gasteiger partial charge < -0.3 is 10.2 Å². The highest BCUT2D eigenvalue weighted by Gasteiger charge is 2.16. The number of nitrogens with zero attached hydrogens (tertiary/aromatic N) is 2. The maximum atomic E-state index is 11.6. The van der Waals surface area contributed by atoms with Crippen molar-refractivity contribution >= 4 is 23.2 Å². The Morgan fingerprint density at radius 1 is 1.33 bits per heavy atom. The number of thiocarbonyl (C=S) groups is 1. The zero-order valence-corrected chi connectivity index (χ0v) is 11.6. The summed E-state index contributed by atoms with van der Waals surface area (Å²) >= 11 is 4.95. The normalized spacial score (nSPS) is 16.9. The minimum Gasteiger partial charge on any atom is -0.358 e. The Bertz CT molecular complexity index is 302. The first kappa shape index (κ1) is 14.9. The third-order valence-corrected chi connectivity index (χ3v) is 2.93. The van der Waals surface area contributed by atoms with Crippen LogP contribution in [0.1, 0.15) is 0 Å². The number of carbonyl (C=O) groups excluding carboxylic acids is 1. The summed E-state index contributed by atoms with van der Waals surface area (Å²) in [4.78, 5) is 16.0. The Kier molecular flexibility index (Phi) is 6.63. The van der Waals surface area contributed by atoms with Crippen molar-refractivity contribution in [3.63, 3.8) is 0 Å². The number of hydrazine groups is 1. The van der Waals surface area contributed by atoms with Gasteiger partial charge in [-0.2, -0.15) is 0 Å². The summed E-state index contributed by atoms with van der Waals surface area (Å²) in [6, 6.07) is 0. The highest BCUT2D eigenvalue weighted by Crippen LogP contribution is 1.97. The SMILES string of the molecule is C=CCNC(=S)NNC(=O)CN1CCN(C)CC1. The summed E-state index contributed by atoms with van der Waals surface area (Å²) in [6.07, 6.45) is 1.69. The Labute approximate surface area is 113 Å². The Balaban J connectivity index is 2.13. The zero-order chi connectivity index (χ0) is 13.4. The molecular weight excluding hydrogens is 250 g/mol. The van der Waals surface area contributed by atoms with Crippen molar-refractivity contribution in [2.45, 2.75) is 0 Å². The highest BCUT2D eigenvalue weighted by atomic mass is 32.1. The van der Waals surface area contributed by atoms with Crippen LogP contribution < -0.4 is 16.2 Å². The Hall–Kier alpha value is -1.18. The van der Waals surface area contributed by atoms with Crippen molar-refractivity contribution in [2.75, 3.05) is 46.3 Å². The molecule has 0 radical (unpaired) electrons. The molecule has 6 nitrogen and oxygen atoms in total. The number of likely N-dealkylation sites (N-methyl/N-ethyl adjacent to an activating group) is 1. The van der Waals surface area contributed by atoms with Crippen molar-refractivity contribution < 1.29 is 4.79 Å². The van der Waals surface area contributed by atoms with E-state index in [-0.39, 0.29) is 5.91 Å². The lowest BCUT2D eigenvalue weighted by Crippen LogP contribution is -2.52. The van der Waals surface area contributed by atoms with E-state index in [1.807, 2.05) is 0 Å². The van der Waals surface area contributed by atoms with Crippen LogP contribution in [0.3, 0.4) is 0 Å². The molecule has 0 atom stereocenters. The number of rotatable bonds is 4. The molecule has 0 aromatic carbocycles. The zero-order valence-electron chi connectivity index (χ0n) is 10.7. The fourth-order valence-electron chi connectivity index (χ4n) is 1.58. The Morgan fingerprint density at radius 3 is 2.61 bits per heavy atom. The minimum absolute atomic E-state index is 0.0812. The van der Waals surface area contributed by atoms with Crippen LogP contribution in [0.5, 0.6) is 0 Å². The van der Waals surface area contributed by atoms with Crippen molar-refractivity contribution in [3.8, 4) is 0 Å². The van der Waals surface area contributed by atoms with Gasteiger partial charge in [0.2, 0.25) is 0 Å². The van der Waals surface area contributed by atoms with Gasteiger partial charge in [-0.05, 0) is 19.3 Å². The fraction of sp³-hybridized carbons (Fsp3) is 0.636. The summed E-state index contributed by atoms with van der Waals surface area (Å²) in [5.41, 5.74) is 5.22.